The lowest BCUT2D eigenvalue weighted by Gasteiger charge is -2.54. The van der Waals surface area contributed by atoms with Crippen LogP contribution >= 0.6 is 0 Å². The van der Waals surface area contributed by atoms with Crippen molar-refractivity contribution in [2.45, 2.75) is 36.5 Å². The lowest BCUT2D eigenvalue weighted by Crippen LogP contribution is -2.64. The molecule has 1 spiro atoms. The number of rotatable bonds is 2. The molecule has 2 aliphatic carbocycles. The number of benzene rings is 1. The van der Waals surface area contributed by atoms with Crippen LogP contribution < -0.4 is 14.8 Å². The third-order valence-corrected chi connectivity index (χ3v) is 6.14. The second-order valence-electron chi connectivity index (χ2n) is 6.84. The molecule has 2 aliphatic heterocycles. The van der Waals surface area contributed by atoms with E-state index < -0.39 is 0 Å². The summed E-state index contributed by atoms with van der Waals surface area (Å²) in [5, 5.41) is 3.71. The van der Waals surface area contributed by atoms with Gasteiger partial charge in [-0.15, -0.1) is 0 Å². The maximum atomic E-state index is 6.48. The molecule has 2 heterocycles. The van der Waals surface area contributed by atoms with Gasteiger partial charge in [0.1, 0.15) is 12.2 Å². The molecule has 1 aromatic carbocycles. The molecule has 5 atom stereocenters. The average Bonchev–Trinajstić information content (AvgIpc) is 2.88. The number of ether oxygens (including phenoxy) is 3. The van der Waals surface area contributed by atoms with Crippen molar-refractivity contribution in [2.75, 3.05) is 20.8 Å². The van der Waals surface area contributed by atoms with Crippen LogP contribution in [0.25, 0.3) is 0 Å². The van der Waals surface area contributed by atoms with Gasteiger partial charge in [0.15, 0.2) is 11.5 Å². The summed E-state index contributed by atoms with van der Waals surface area (Å²) >= 11 is 0. The van der Waals surface area contributed by atoms with E-state index in [4.69, 9.17) is 14.2 Å². The summed E-state index contributed by atoms with van der Waals surface area (Å²) in [6.45, 7) is 1.04. The molecule has 22 heavy (non-hydrogen) atoms. The summed E-state index contributed by atoms with van der Waals surface area (Å²) in [5.74, 6) is 2.30. The van der Waals surface area contributed by atoms with E-state index in [0.717, 1.165) is 30.9 Å². The first kappa shape index (κ1) is 13.0. The highest BCUT2D eigenvalue weighted by atomic mass is 16.6. The minimum Gasteiger partial charge on any atom is -0.493 e. The molecular weight excluding hydrogens is 278 g/mol. The molecule has 5 rings (SSSR count). The smallest absolute Gasteiger partial charge is 0.165 e. The zero-order valence-electron chi connectivity index (χ0n) is 13.0. The third-order valence-electron chi connectivity index (χ3n) is 6.14. The van der Waals surface area contributed by atoms with Gasteiger partial charge in [0.05, 0.1) is 7.11 Å². The van der Waals surface area contributed by atoms with Crippen LogP contribution in [0, 0.1) is 5.92 Å². The maximum Gasteiger partial charge on any atom is 0.165 e. The molecule has 0 radical (unpaired) electrons. The second-order valence-corrected chi connectivity index (χ2v) is 6.84. The van der Waals surface area contributed by atoms with Gasteiger partial charge >= 0.3 is 0 Å². The van der Waals surface area contributed by atoms with Crippen molar-refractivity contribution in [1.82, 2.24) is 5.32 Å². The average molecular weight is 299 g/mol. The Morgan fingerprint density at radius 1 is 1.27 bits per heavy atom. The van der Waals surface area contributed by atoms with E-state index in [0.29, 0.717) is 12.0 Å². The standard InChI is InChI=1S/C18H21NO3/c1-20-13-5-3-10-9-12-11-4-6-14(21-2)17-18(11,7-8-19-12)15(10)16(13)22-17/h3-6,11-12,14,17,19H,7-9H2,1-2H3/t11?,12?,14?,17-,18?/m0/s1. The minimum absolute atomic E-state index is 0.0121. The van der Waals surface area contributed by atoms with E-state index in [1.807, 2.05) is 6.07 Å². The zero-order chi connectivity index (χ0) is 14.9. The lowest BCUT2D eigenvalue weighted by molar-refractivity contribution is -0.0362. The topological polar surface area (TPSA) is 39.7 Å². The molecule has 4 heteroatoms. The Bertz CT molecular complexity index is 671. The fraction of sp³-hybridized carbons (Fsp3) is 0.556. The van der Waals surface area contributed by atoms with E-state index >= 15 is 0 Å². The number of hydrogen-bond donors (Lipinski definition) is 1. The fourth-order valence-corrected chi connectivity index (χ4v) is 5.31. The van der Waals surface area contributed by atoms with E-state index in [1.165, 1.54) is 11.1 Å². The van der Waals surface area contributed by atoms with Gasteiger partial charge in [-0.3, -0.25) is 0 Å². The van der Waals surface area contributed by atoms with Crippen LogP contribution in [0.5, 0.6) is 11.5 Å². The summed E-state index contributed by atoms with van der Waals surface area (Å²) in [5.41, 5.74) is 2.85. The van der Waals surface area contributed by atoms with Gasteiger partial charge in [0.25, 0.3) is 0 Å². The Morgan fingerprint density at radius 2 is 2.18 bits per heavy atom. The Hall–Kier alpha value is -1.52. The molecule has 4 aliphatic rings. The van der Waals surface area contributed by atoms with Crippen molar-refractivity contribution < 1.29 is 14.2 Å². The number of methoxy groups -OCH3 is 2. The molecule has 1 aromatic rings. The van der Waals surface area contributed by atoms with Gasteiger partial charge < -0.3 is 19.5 Å². The van der Waals surface area contributed by atoms with Crippen LogP contribution in [0.2, 0.25) is 0 Å². The number of hydrogen-bond acceptors (Lipinski definition) is 4. The van der Waals surface area contributed by atoms with Crippen LogP contribution in [0.15, 0.2) is 24.3 Å². The van der Waals surface area contributed by atoms with Crippen molar-refractivity contribution in [3.63, 3.8) is 0 Å². The van der Waals surface area contributed by atoms with Crippen LogP contribution in [-0.4, -0.2) is 39.0 Å². The van der Waals surface area contributed by atoms with Crippen molar-refractivity contribution in [2.24, 2.45) is 5.92 Å². The molecule has 0 saturated carbocycles. The first-order chi connectivity index (χ1) is 10.8. The number of nitrogens with one attached hydrogen (secondary N) is 1. The molecule has 116 valence electrons. The van der Waals surface area contributed by atoms with Crippen LogP contribution in [0.3, 0.4) is 0 Å². The maximum absolute atomic E-state index is 6.48. The number of piperidine rings is 1. The molecule has 2 bridgehead atoms. The lowest BCUT2D eigenvalue weighted by atomic mass is 9.53. The minimum atomic E-state index is 0.0121. The van der Waals surface area contributed by atoms with E-state index in [2.05, 4.69) is 23.5 Å². The Kier molecular flexibility index (Phi) is 2.52. The van der Waals surface area contributed by atoms with E-state index in [1.54, 1.807) is 14.2 Å². The summed E-state index contributed by atoms with van der Waals surface area (Å²) in [7, 11) is 3.50. The highest BCUT2D eigenvalue weighted by Gasteiger charge is 2.63. The van der Waals surface area contributed by atoms with Gasteiger partial charge in [0.2, 0.25) is 0 Å². The molecule has 1 fully saturated rings. The Labute approximate surface area is 130 Å². The molecule has 4 unspecified atom stereocenters. The van der Waals surface area contributed by atoms with Crippen LogP contribution in [-0.2, 0) is 16.6 Å². The van der Waals surface area contributed by atoms with Crippen molar-refractivity contribution in [3.05, 3.63) is 35.4 Å². The summed E-state index contributed by atoms with van der Waals surface area (Å²) in [4.78, 5) is 0. The van der Waals surface area contributed by atoms with Gasteiger partial charge in [0, 0.05) is 30.0 Å². The molecular formula is C18H21NO3. The monoisotopic (exact) mass is 299 g/mol. The predicted octanol–water partition coefficient (Wildman–Crippen LogP) is 1.81. The molecule has 1 N–H and O–H groups in total. The highest BCUT2D eigenvalue weighted by Crippen LogP contribution is 2.61. The van der Waals surface area contributed by atoms with Crippen molar-refractivity contribution >= 4 is 0 Å². The highest BCUT2D eigenvalue weighted by molar-refractivity contribution is 5.62. The quantitative estimate of drug-likeness (QED) is 0.846. The van der Waals surface area contributed by atoms with Gasteiger partial charge in [-0.05, 0) is 31.0 Å². The van der Waals surface area contributed by atoms with Gasteiger partial charge in [-0.2, -0.15) is 0 Å². The van der Waals surface area contributed by atoms with Gasteiger partial charge in [-0.25, -0.2) is 0 Å². The zero-order valence-corrected chi connectivity index (χ0v) is 13.0. The normalized spacial score (nSPS) is 40.1. The summed E-state index contributed by atoms with van der Waals surface area (Å²) < 4.78 is 17.8. The van der Waals surface area contributed by atoms with Crippen molar-refractivity contribution in [3.8, 4) is 11.5 Å². The van der Waals surface area contributed by atoms with Gasteiger partial charge in [-0.1, -0.05) is 18.2 Å². The Balaban J connectivity index is 1.81. The third kappa shape index (κ3) is 1.32. The van der Waals surface area contributed by atoms with E-state index in [9.17, 15) is 0 Å². The predicted molar refractivity (Wildman–Crippen MR) is 82.6 cm³/mol. The Morgan fingerprint density at radius 3 is 3.00 bits per heavy atom. The first-order valence-corrected chi connectivity index (χ1v) is 8.11. The summed E-state index contributed by atoms with van der Waals surface area (Å²) in [6, 6.07) is 4.77. The van der Waals surface area contributed by atoms with Crippen molar-refractivity contribution in [1.29, 1.82) is 0 Å². The SMILES string of the molecule is COc1ccc2c3c1O[C@H]1C(OC)C=CC4C(C2)NCCC341. The largest absolute Gasteiger partial charge is 0.493 e. The first-order valence-electron chi connectivity index (χ1n) is 8.11. The molecule has 0 aromatic heterocycles. The summed E-state index contributed by atoms with van der Waals surface area (Å²) in [6.07, 6.45) is 6.78. The second kappa shape index (κ2) is 4.27. The fourth-order valence-electron chi connectivity index (χ4n) is 5.31. The van der Waals surface area contributed by atoms with E-state index in [-0.39, 0.29) is 17.6 Å². The van der Waals surface area contributed by atoms with Crippen LogP contribution in [0.4, 0.5) is 0 Å². The molecule has 4 nitrogen and oxygen atoms in total. The molecule has 1 saturated heterocycles. The molecule has 0 amide bonds. The van der Waals surface area contributed by atoms with Crippen LogP contribution in [0.1, 0.15) is 17.5 Å².